The number of H-pyrrole nitrogens is 1. The van der Waals surface area contributed by atoms with Crippen LogP contribution in [0.1, 0.15) is 17.0 Å². The fraction of sp³-hybridized carbons (Fsp3) is 0.273. The molecule has 1 heterocycles. The Balaban J connectivity index is 1.76. The van der Waals surface area contributed by atoms with Gasteiger partial charge in [-0.15, -0.1) is 0 Å². The van der Waals surface area contributed by atoms with E-state index in [1.54, 1.807) is 19.5 Å². The van der Waals surface area contributed by atoms with Crippen LogP contribution in [0.3, 0.4) is 0 Å². The first-order valence-corrected chi connectivity index (χ1v) is 9.61. The number of quaternary nitrogens is 1. The summed E-state index contributed by atoms with van der Waals surface area (Å²) in [6, 6.07) is 16.0. The Labute approximate surface area is 169 Å². The lowest BCUT2D eigenvalue weighted by Gasteiger charge is -2.18. The molecular formula is C22H27N4O3+. The predicted octanol–water partition coefficient (Wildman–Crippen LogP) is 0.734. The maximum Gasteiger partial charge on any atom is 0.275 e. The molecule has 29 heavy (non-hydrogen) atoms. The molecule has 0 saturated heterocycles. The number of aromatic nitrogens is 1. The minimum absolute atomic E-state index is 0.0139. The Bertz CT molecular complexity index is 966. The third-order valence-electron chi connectivity index (χ3n) is 4.96. The molecule has 0 radical (unpaired) electrons. The fourth-order valence-corrected chi connectivity index (χ4v) is 3.35. The summed E-state index contributed by atoms with van der Waals surface area (Å²) < 4.78 is 5.27. The van der Waals surface area contributed by atoms with Crippen LogP contribution in [0.15, 0.2) is 54.7 Å². The van der Waals surface area contributed by atoms with E-state index in [4.69, 9.17) is 4.74 Å². The van der Waals surface area contributed by atoms with E-state index in [0.29, 0.717) is 6.54 Å². The van der Waals surface area contributed by atoms with Gasteiger partial charge in [-0.05, 0) is 29.3 Å². The molecule has 0 saturated carbocycles. The molecule has 1 atom stereocenters. The SMILES string of the molecule is CNC(=O)C[NH2+]CC(=O)NC[C@@H](c1ccc(OC)cc1)c1c[nH]c2ccccc12. The van der Waals surface area contributed by atoms with E-state index in [2.05, 4.69) is 21.7 Å². The van der Waals surface area contributed by atoms with Gasteiger partial charge in [0.2, 0.25) is 0 Å². The number of methoxy groups -OCH3 is 1. The maximum absolute atomic E-state index is 12.3. The number of fused-ring (bicyclic) bond motifs is 1. The Hall–Kier alpha value is -3.32. The summed E-state index contributed by atoms with van der Waals surface area (Å²) in [5.41, 5.74) is 3.27. The maximum atomic E-state index is 12.3. The second kappa shape index (κ2) is 9.75. The third-order valence-corrected chi connectivity index (χ3v) is 4.96. The summed E-state index contributed by atoms with van der Waals surface area (Å²) in [5, 5.41) is 8.36. The third kappa shape index (κ3) is 5.14. The quantitative estimate of drug-likeness (QED) is 0.430. The Kier molecular flexibility index (Phi) is 6.86. The summed E-state index contributed by atoms with van der Waals surface area (Å²) in [7, 11) is 3.22. The first-order chi connectivity index (χ1) is 14.1. The molecular weight excluding hydrogens is 368 g/mol. The van der Waals surface area contributed by atoms with Gasteiger partial charge in [0.05, 0.1) is 7.11 Å². The number of para-hydroxylation sites is 1. The molecule has 0 aliphatic carbocycles. The van der Waals surface area contributed by atoms with Crippen LogP contribution in [0.5, 0.6) is 5.75 Å². The minimum Gasteiger partial charge on any atom is -0.497 e. The Morgan fingerprint density at radius 2 is 1.79 bits per heavy atom. The van der Waals surface area contributed by atoms with Crippen LogP contribution in [0.2, 0.25) is 0 Å². The summed E-state index contributed by atoms with van der Waals surface area (Å²) >= 11 is 0. The highest BCUT2D eigenvalue weighted by Gasteiger charge is 2.19. The first-order valence-electron chi connectivity index (χ1n) is 9.61. The van der Waals surface area contributed by atoms with Crippen molar-refractivity contribution in [2.24, 2.45) is 0 Å². The van der Waals surface area contributed by atoms with E-state index in [9.17, 15) is 9.59 Å². The van der Waals surface area contributed by atoms with Crippen LogP contribution in [-0.2, 0) is 9.59 Å². The summed E-state index contributed by atoms with van der Waals surface area (Å²) in [5.74, 6) is 0.569. The van der Waals surface area contributed by atoms with Crippen LogP contribution >= 0.6 is 0 Å². The van der Waals surface area contributed by atoms with Crippen LogP contribution in [0, 0.1) is 0 Å². The Morgan fingerprint density at radius 3 is 2.52 bits per heavy atom. The molecule has 1 aromatic heterocycles. The lowest BCUT2D eigenvalue weighted by Crippen LogP contribution is -2.88. The van der Waals surface area contributed by atoms with E-state index in [0.717, 1.165) is 27.8 Å². The number of aromatic amines is 1. The van der Waals surface area contributed by atoms with Gasteiger partial charge in [-0.25, -0.2) is 0 Å². The highest BCUT2D eigenvalue weighted by molar-refractivity contribution is 5.84. The minimum atomic E-state index is -0.104. The smallest absolute Gasteiger partial charge is 0.275 e. The molecule has 3 aromatic rings. The van der Waals surface area contributed by atoms with Crippen molar-refractivity contribution in [2.45, 2.75) is 5.92 Å². The van der Waals surface area contributed by atoms with Crippen LogP contribution < -0.4 is 20.7 Å². The molecule has 7 nitrogen and oxygen atoms in total. The lowest BCUT2D eigenvalue weighted by molar-refractivity contribution is -0.633. The lowest BCUT2D eigenvalue weighted by atomic mass is 9.91. The van der Waals surface area contributed by atoms with Gasteiger partial charge in [0.15, 0.2) is 13.1 Å². The number of likely N-dealkylation sites (N-methyl/N-ethyl adjacent to an activating group) is 1. The average molecular weight is 395 g/mol. The molecule has 0 aliphatic heterocycles. The van der Waals surface area contributed by atoms with Gasteiger partial charge in [-0.1, -0.05) is 30.3 Å². The van der Waals surface area contributed by atoms with Gasteiger partial charge in [0, 0.05) is 36.6 Å². The molecule has 7 heteroatoms. The molecule has 2 aromatic carbocycles. The van der Waals surface area contributed by atoms with E-state index >= 15 is 0 Å². The number of hydrogen-bond acceptors (Lipinski definition) is 3. The van der Waals surface area contributed by atoms with Crippen molar-refractivity contribution in [1.29, 1.82) is 0 Å². The topological polar surface area (TPSA) is 99.8 Å². The summed E-state index contributed by atoms with van der Waals surface area (Å²) in [6.45, 7) is 0.895. The number of nitrogens with two attached hydrogens (primary N) is 1. The summed E-state index contributed by atoms with van der Waals surface area (Å²) in [4.78, 5) is 26.9. The van der Waals surface area contributed by atoms with Gasteiger partial charge in [0.1, 0.15) is 5.75 Å². The molecule has 0 aliphatic rings. The number of rotatable bonds is 9. The fourth-order valence-electron chi connectivity index (χ4n) is 3.35. The molecule has 2 amide bonds. The highest BCUT2D eigenvalue weighted by Crippen LogP contribution is 2.31. The van der Waals surface area contributed by atoms with Crippen molar-refractivity contribution < 1.29 is 19.6 Å². The van der Waals surface area contributed by atoms with Crippen molar-refractivity contribution >= 4 is 22.7 Å². The molecule has 0 spiro atoms. The number of amides is 2. The van der Waals surface area contributed by atoms with Gasteiger partial charge in [-0.2, -0.15) is 0 Å². The van der Waals surface area contributed by atoms with E-state index in [-0.39, 0.29) is 30.8 Å². The van der Waals surface area contributed by atoms with E-state index < -0.39 is 0 Å². The number of nitrogens with one attached hydrogen (secondary N) is 3. The monoisotopic (exact) mass is 395 g/mol. The standard InChI is InChI=1S/C22H26N4O3/c1-23-21(27)13-24-14-22(28)26-11-18(15-7-9-16(29-2)10-8-15)19-12-25-20-6-4-3-5-17(19)20/h3-10,12,18,24-25H,11,13-14H2,1-2H3,(H,23,27)(H,26,28)/p+1/t18-/m0/s1. The molecule has 152 valence electrons. The normalized spacial score (nSPS) is 11.8. The number of benzene rings is 2. The van der Waals surface area contributed by atoms with E-state index in [1.807, 2.05) is 48.7 Å². The zero-order chi connectivity index (χ0) is 20.6. The molecule has 0 bridgehead atoms. The highest BCUT2D eigenvalue weighted by atomic mass is 16.5. The van der Waals surface area contributed by atoms with Crippen molar-refractivity contribution in [1.82, 2.24) is 15.6 Å². The zero-order valence-corrected chi connectivity index (χ0v) is 16.7. The number of hydrogen-bond donors (Lipinski definition) is 4. The van der Waals surface area contributed by atoms with Gasteiger partial charge < -0.3 is 25.7 Å². The average Bonchev–Trinajstić information content (AvgIpc) is 3.18. The van der Waals surface area contributed by atoms with Crippen molar-refractivity contribution in [2.75, 3.05) is 33.8 Å². The predicted molar refractivity (Wildman–Crippen MR) is 112 cm³/mol. The second-order valence-corrected chi connectivity index (χ2v) is 6.79. The van der Waals surface area contributed by atoms with Crippen molar-refractivity contribution in [3.05, 3.63) is 65.9 Å². The van der Waals surface area contributed by atoms with Gasteiger partial charge >= 0.3 is 0 Å². The van der Waals surface area contributed by atoms with Crippen LogP contribution in [0.25, 0.3) is 10.9 Å². The largest absolute Gasteiger partial charge is 0.497 e. The molecule has 0 fully saturated rings. The molecule has 5 N–H and O–H groups in total. The first kappa shape index (κ1) is 20.4. The summed E-state index contributed by atoms with van der Waals surface area (Å²) in [6.07, 6.45) is 2.00. The van der Waals surface area contributed by atoms with Crippen molar-refractivity contribution in [3.8, 4) is 5.75 Å². The molecule has 0 unspecified atom stereocenters. The number of ether oxygens (including phenoxy) is 1. The number of carbonyl (C=O) groups excluding carboxylic acids is 2. The van der Waals surface area contributed by atoms with Crippen LogP contribution in [-0.4, -0.2) is 50.6 Å². The van der Waals surface area contributed by atoms with Crippen molar-refractivity contribution in [3.63, 3.8) is 0 Å². The Morgan fingerprint density at radius 1 is 1.07 bits per heavy atom. The number of carbonyl (C=O) groups is 2. The second-order valence-electron chi connectivity index (χ2n) is 6.79. The van der Waals surface area contributed by atoms with Gasteiger partial charge in [-0.3, -0.25) is 9.59 Å². The van der Waals surface area contributed by atoms with E-state index in [1.165, 1.54) is 0 Å². The van der Waals surface area contributed by atoms with Crippen LogP contribution in [0.4, 0.5) is 0 Å². The molecule has 3 rings (SSSR count). The zero-order valence-electron chi connectivity index (χ0n) is 16.7. The van der Waals surface area contributed by atoms with Gasteiger partial charge in [0.25, 0.3) is 11.8 Å².